The van der Waals surface area contributed by atoms with Crippen molar-refractivity contribution < 1.29 is 17.9 Å². The van der Waals surface area contributed by atoms with Gasteiger partial charge >= 0.3 is 0 Å². The van der Waals surface area contributed by atoms with Crippen LogP contribution in [-0.2, 0) is 23.0 Å². The fraction of sp³-hybridized carbons (Fsp3) is 0.458. The number of carbonyl (C=O) groups excluding carboxylic acids is 1. The molecule has 3 rings (SSSR count). The molecule has 0 bridgehead atoms. The molecule has 1 amide bonds. The van der Waals surface area contributed by atoms with E-state index in [1.54, 1.807) is 12.1 Å². The van der Waals surface area contributed by atoms with Crippen molar-refractivity contribution in [3.63, 3.8) is 0 Å². The van der Waals surface area contributed by atoms with Crippen LogP contribution in [0.3, 0.4) is 0 Å². The minimum atomic E-state index is -3.72. The number of benzene rings is 1. The van der Waals surface area contributed by atoms with Crippen LogP contribution >= 0.6 is 11.6 Å². The molecule has 0 saturated heterocycles. The number of nitrogens with zero attached hydrogens (tertiary/aromatic N) is 3. The summed E-state index contributed by atoms with van der Waals surface area (Å²) in [7, 11) is -3.72. The highest BCUT2D eigenvalue weighted by Gasteiger charge is 2.19. The Labute approximate surface area is 205 Å². The molecule has 34 heavy (non-hydrogen) atoms. The Morgan fingerprint density at radius 2 is 1.88 bits per heavy atom. The van der Waals surface area contributed by atoms with Gasteiger partial charge in [-0.3, -0.25) is 4.79 Å². The second kappa shape index (κ2) is 11.7. The van der Waals surface area contributed by atoms with Crippen LogP contribution in [0.5, 0.6) is 5.75 Å². The molecule has 2 heterocycles. The van der Waals surface area contributed by atoms with Crippen LogP contribution in [0.4, 0.5) is 0 Å². The summed E-state index contributed by atoms with van der Waals surface area (Å²) in [6, 6.07) is 8.73. The molecule has 0 radical (unpaired) electrons. The number of aryl methyl sites for hydroxylation is 1. The maximum absolute atomic E-state index is 12.6. The SMILES string of the molecule is CCCCCS(=O)(=O)NC(=O)c1ccc2nc(CC)n(Cc3ccc(OCCC)cc3Cl)c2n1. The van der Waals surface area contributed by atoms with Crippen molar-refractivity contribution in [3.05, 3.63) is 52.4 Å². The van der Waals surface area contributed by atoms with E-state index in [4.69, 9.17) is 16.3 Å². The first-order valence-corrected chi connectivity index (χ1v) is 13.6. The monoisotopic (exact) mass is 506 g/mol. The number of hydrogen-bond donors (Lipinski definition) is 1. The summed E-state index contributed by atoms with van der Waals surface area (Å²) >= 11 is 6.51. The summed E-state index contributed by atoms with van der Waals surface area (Å²) in [5, 5.41) is 0.560. The number of rotatable bonds is 12. The normalized spacial score (nSPS) is 11.6. The van der Waals surface area contributed by atoms with E-state index in [2.05, 4.69) is 14.7 Å². The van der Waals surface area contributed by atoms with Gasteiger partial charge in [0.2, 0.25) is 10.0 Å². The lowest BCUT2D eigenvalue weighted by atomic mass is 10.2. The number of imidazole rings is 1. The molecule has 3 aromatic rings. The Morgan fingerprint density at radius 1 is 1.09 bits per heavy atom. The number of carbonyl (C=O) groups is 1. The Bertz CT molecular complexity index is 1260. The summed E-state index contributed by atoms with van der Waals surface area (Å²) in [5.74, 6) is 0.650. The van der Waals surface area contributed by atoms with Gasteiger partial charge in [0.05, 0.1) is 18.9 Å². The summed E-state index contributed by atoms with van der Waals surface area (Å²) in [6.07, 6.45) is 3.73. The van der Waals surface area contributed by atoms with Crippen LogP contribution in [0.25, 0.3) is 11.2 Å². The standard InChI is InChI=1S/C24H31ClN4O4S/c1-4-7-8-14-34(31,32)28-24(30)21-12-11-20-23(27-21)29(22(6-3)26-20)16-17-9-10-18(15-19(17)25)33-13-5-2/h9-12,15H,4-8,13-14,16H2,1-3H3,(H,28,30). The third-order valence-electron chi connectivity index (χ3n) is 5.31. The molecule has 0 unspecified atom stereocenters. The van der Waals surface area contributed by atoms with Crippen LogP contribution in [0, 0.1) is 0 Å². The molecule has 10 heteroatoms. The highest BCUT2D eigenvalue weighted by molar-refractivity contribution is 7.90. The van der Waals surface area contributed by atoms with E-state index in [0.717, 1.165) is 30.7 Å². The molecule has 2 aromatic heterocycles. The van der Waals surface area contributed by atoms with Gasteiger partial charge in [-0.2, -0.15) is 0 Å². The zero-order chi connectivity index (χ0) is 24.7. The van der Waals surface area contributed by atoms with Crippen molar-refractivity contribution in [1.82, 2.24) is 19.3 Å². The predicted octanol–water partition coefficient (Wildman–Crippen LogP) is 4.73. The molecule has 1 N–H and O–H groups in total. The van der Waals surface area contributed by atoms with Gasteiger partial charge in [0.1, 0.15) is 22.8 Å². The van der Waals surface area contributed by atoms with Gasteiger partial charge < -0.3 is 9.30 Å². The maximum Gasteiger partial charge on any atom is 0.283 e. The minimum Gasteiger partial charge on any atom is -0.494 e. The van der Waals surface area contributed by atoms with Gasteiger partial charge in [-0.25, -0.2) is 23.1 Å². The van der Waals surface area contributed by atoms with Crippen molar-refractivity contribution in [2.75, 3.05) is 12.4 Å². The van der Waals surface area contributed by atoms with E-state index in [1.807, 2.05) is 37.5 Å². The maximum atomic E-state index is 12.6. The molecule has 0 aliphatic carbocycles. The Kier molecular flexibility index (Phi) is 8.90. The Balaban J connectivity index is 1.88. The number of aromatic nitrogens is 3. The molecular weight excluding hydrogens is 476 g/mol. The molecule has 0 aliphatic heterocycles. The number of pyridine rings is 1. The number of halogens is 1. The van der Waals surface area contributed by atoms with Gasteiger partial charge in [0.25, 0.3) is 5.91 Å². The molecule has 0 aliphatic rings. The molecule has 0 spiro atoms. The lowest BCUT2D eigenvalue weighted by Gasteiger charge is -2.12. The number of sulfonamides is 1. The average Bonchev–Trinajstić information content (AvgIpc) is 3.15. The number of unbranched alkanes of at least 4 members (excludes halogenated alkanes) is 2. The summed E-state index contributed by atoms with van der Waals surface area (Å²) in [6.45, 7) is 7.03. The topological polar surface area (TPSA) is 103 Å². The number of ether oxygens (including phenoxy) is 1. The Hall–Kier alpha value is -2.65. The van der Waals surface area contributed by atoms with Crippen molar-refractivity contribution in [2.24, 2.45) is 0 Å². The highest BCUT2D eigenvalue weighted by atomic mass is 35.5. The van der Waals surface area contributed by atoms with Crippen molar-refractivity contribution >= 4 is 38.7 Å². The number of hydrogen-bond acceptors (Lipinski definition) is 6. The minimum absolute atomic E-state index is 0.0183. The molecule has 0 saturated carbocycles. The fourth-order valence-electron chi connectivity index (χ4n) is 3.53. The van der Waals surface area contributed by atoms with E-state index >= 15 is 0 Å². The fourth-order valence-corrected chi connectivity index (χ4v) is 4.84. The van der Waals surface area contributed by atoms with Gasteiger partial charge in [0, 0.05) is 11.4 Å². The molecule has 0 fully saturated rings. The number of fused-ring (bicyclic) bond motifs is 1. The zero-order valence-electron chi connectivity index (χ0n) is 19.8. The lowest BCUT2D eigenvalue weighted by Crippen LogP contribution is -2.33. The smallest absolute Gasteiger partial charge is 0.283 e. The second-order valence-corrected chi connectivity index (χ2v) is 10.3. The van der Waals surface area contributed by atoms with Crippen molar-refractivity contribution in [3.8, 4) is 5.75 Å². The zero-order valence-corrected chi connectivity index (χ0v) is 21.4. The molecular formula is C24H31ClN4O4S. The predicted molar refractivity (Wildman–Crippen MR) is 134 cm³/mol. The Morgan fingerprint density at radius 3 is 2.56 bits per heavy atom. The summed E-state index contributed by atoms with van der Waals surface area (Å²) in [4.78, 5) is 21.7. The largest absolute Gasteiger partial charge is 0.494 e. The van der Waals surface area contributed by atoms with Crippen LogP contribution in [0.15, 0.2) is 30.3 Å². The molecule has 0 atom stereocenters. The average molecular weight is 507 g/mol. The lowest BCUT2D eigenvalue weighted by molar-refractivity contribution is 0.0977. The van der Waals surface area contributed by atoms with Crippen LogP contribution in [0.1, 0.15) is 68.3 Å². The van der Waals surface area contributed by atoms with Crippen LogP contribution < -0.4 is 9.46 Å². The first kappa shape index (κ1) is 26.0. The van der Waals surface area contributed by atoms with Gasteiger partial charge in [-0.1, -0.05) is 51.3 Å². The summed E-state index contributed by atoms with van der Waals surface area (Å²) in [5.41, 5.74) is 1.99. The van der Waals surface area contributed by atoms with Crippen LogP contribution in [0.2, 0.25) is 5.02 Å². The van der Waals surface area contributed by atoms with Crippen molar-refractivity contribution in [1.29, 1.82) is 0 Å². The highest BCUT2D eigenvalue weighted by Crippen LogP contribution is 2.26. The molecule has 1 aromatic carbocycles. The van der Waals surface area contributed by atoms with E-state index in [1.165, 1.54) is 6.07 Å². The second-order valence-electron chi connectivity index (χ2n) is 8.07. The van der Waals surface area contributed by atoms with E-state index in [-0.39, 0.29) is 11.4 Å². The summed E-state index contributed by atoms with van der Waals surface area (Å²) < 4.78 is 34.1. The number of nitrogens with one attached hydrogen (secondary N) is 1. The number of amides is 1. The van der Waals surface area contributed by atoms with Crippen molar-refractivity contribution in [2.45, 2.75) is 59.4 Å². The molecule has 8 nitrogen and oxygen atoms in total. The van der Waals surface area contributed by atoms with E-state index in [9.17, 15) is 13.2 Å². The first-order valence-electron chi connectivity index (χ1n) is 11.6. The van der Waals surface area contributed by atoms with Crippen LogP contribution in [-0.4, -0.2) is 41.2 Å². The van der Waals surface area contributed by atoms with Gasteiger partial charge in [-0.05, 0) is 42.7 Å². The third kappa shape index (κ3) is 6.48. The van der Waals surface area contributed by atoms with Gasteiger partial charge in [0.15, 0.2) is 5.65 Å². The third-order valence-corrected chi connectivity index (χ3v) is 6.99. The molecule has 184 valence electrons. The van der Waals surface area contributed by atoms with E-state index < -0.39 is 15.9 Å². The quantitative estimate of drug-likeness (QED) is 0.356. The van der Waals surface area contributed by atoms with E-state index in [0.29, 0.717) is 47.9 Å². The first-order chi connectivity index (χ1) is 16.3. The van der Waals surface area contributed by atoms with Gasteiger partial charge in [-0.15, -0.1) is 0 Å².